The Labute approximate surface area is 225 Å². The molecule has 1 saturated carbocycles. The molecule has 0 aliphatic heterocycles. The normalized spacial score (nSPS) is 27.0. The lowest BCUT2D eigenvalue weighted by atomic mass is 9.57. The number of nitrogens with two attached hydrogens (primary N) is 2. The summed E-state index contributed by atoms with van der Waals surface area (Å²) in [7, 11) is 2.93. The molecule has 0 saturated heterocycles. The molecular formula is C25H27F3N4O8. The molecule has 12 nitrogen and oxygen atoms in total. The lowest BCUT2D eigenvalue weighted by molar-refractivity contribution is -0.173. The van der Waals surface area contributed by atoms with Crippen LogP contribution < -0.4 is 11.5 Å². The van der Waals surface area contributed by atoms with Crippen molar-refractivity contribution in [2.45, 2.75) is 37.6 Å². The maximum Gasteiger partial charge on any atom is 0.425 e. The summed E-state index contributed by atoms with van der Waals surface area (Å²) in [4.78, 5) is 44.8. The molecule has 1 aromatic rings. The first-order valence-corrected chi connectivity index (χ1v) is 12.0. The lowest BCUT2D eigenvalue weighted by Crippen LogP contribution is -2.65. The Morgan fingerprint density at radius 3 is 2.42 bits per heavy atom. The second kappa shape index (κ2) is 9.52. The molecule has 15 heteroatoms. The van der Waals surface area contributed by atoms with Gasteiger partial charge in [-0.05, 0) is 51.4 Å². The van der Waals surface area contributed by atoms with Crippen LogP contribution in [0.5, 0.6) is 5.75 Å². The summed E-state index contributed by atoms with van der Waals surface area (Å²) >= 11 is 0. The number of Topliss-reactive ketones (excluding diaryl/α,β-unsaturated/α-hetero) is 2. The second-order valence-electron chi connectivity index (χ2n) is 10.2. The maximum atomic E-state index is 13.8. The number of ketones is 2. The van der Waals surface area contributed by atoms with E-state index in [1.807, 2.05) is 0 Å². The van der Waals surface area contributed by atoms with Gasteiger partial charge >= 0.3 is 6.18 Å². The molecule has 216 valence electrons. The van der Waals surface area contributed by atoms with Crippen LogP contribution in [0.25, 0.3) is 5.76 Å². The molecule has 2 unspecified atom stereocenters. The fourth-order valence-corrected chi connectivity index (χ4v) is 5.91. The molecule has 1 fully saturated rings. The highest BCUT2D eigenvalue weighted by Crippen LogP contribution is 2.53. The summed E-state index contributed by atoms with van der Waals surface area (Å²) < 4.78 is 37.6. The number of nitrogen functional groups attached to an aromatic ring is 1. The van der Waals surface area contributed by atoms with Crippen LogP contribution in [0, 0.1) is 11.8 Å². The number of rotatable bonds is 5. The monoisotopic (exact) mass is 568 g/mol. The molecular weight excluding hydrogens is 541 g/mol. The summed E-state index contributed by atoms with van der Waals surface area (Å²) in [5.41, 5.74) is 6.60. The molecule has 40 heavy (non-hydrogen) atoms. The van der Waals surface area contributed by atoms with Crippen molar-refractivity contribution in [3.8, 4) is 5.75 Å². The van der Waals surface area contributed by atoms with Gasteiger partial charge in [-0.25, -0.2) is 0 Å². The number of anilines is 1. The summed E-state index contributed by atoms with van der Waals surface area (Å²) in [5, 5.41) is 47.9. The number of carbonyl (C=O) groups excluding carboxylic acids is 3. The predicted molar refractivity (Wildman–Crippen MR) is 133 cm³/mol. The van der Waals surface area contributed by atoms with E-state index in [1.165, 1.54) is 32.0 Å². The third kappa shape index (κ3) is 4.25. The number of phenolic OH excluding ortho intramolecular Hbond substituents is 1. The SMILES string of the molecule is C/C(=N/OCC(F)(F)F)c1cc(N)c(O)c2c1CC1CC3[C@@H](N(C)C)C(=O)C(C(N)=O)=C(O)[C@@]3(O)C(=O)C1=C2O. The molecule has 8 N–H and O–H groups in total. The van der Waals surface area contributed by atoms with Crippen molar-refractivity contribution in [3.63, 3.8) is 0 Å². The number of phenols is 1. The van der Waals surface area contributed by atoms with Crippen molar-refractivity contribution >= 4 is 34.6 Å². The summed E-state index contributed by atoms with van der Waals surface area (Å²) in [6, 6.07) is -0.0419. The number of nitrogens with zero attached hydrogens (tertiary/aromatic N) is 2. The van der Waals surface area contributed by atoms with E-state index in [2.05, 4.69) is 9.99 Å². The van der Waals surface area contributed by atoms with Crippen molar-refractivity contribution in [3.05, 3.63) is 39.7 Å². The third-order valence-corrected chi connectivity index (χ3v) is 7.57. The molecule has 1 amide bonds. The number of fused-ring (bicyclic) bond motifs is 3. The van der Waals surface area contributed by atoms with Crippen LogP contribution >= 0.6 is 0 Å². The van der Waals surface area contributed by atoms with Gasteiger partial charge < -0.3 is 36.7 Å². The molecule has 3 aliphatic carbocycles. The number of carbonyl (C=O) groups is 3. The van der Waals surface area contributed by atoms with Crippen LogP contribution in [0.1, 0.15) is 30.0 Å². The minimum atomic E-state index is -4.65. The minimum Gasteiger partial charge on any atom is -0.508 e. The first-order valence-electron chi connectivity index (χ1n) is 12.0. The molecule has 4 atom stereocenters. The maximum absolute atomic E-state index is 13.8. The summed E-state index contributed by atoms with van der Waals surface area (Å²) in [6.07, 6.45) is -4.93. The number of aliphatic hydroxyl groups excluding tert-OH is 2. The number of aromatic hydroxyl groups is 1. The zero-order chi connectivity index (χ0) is 30.1. The van der Waals surface area contributed by atoms with Gasteiger partial charge in [0.25, 0.3) is 5.91 Å². The molecule has 0 spiro atoms. The Hall–Kier alpha value is -4.11. The van der Waals surface area contributed by atoms with Crippen LogP contribution in [-0.2, 0) is 25.6 Å². The number of aliphatic hydroxyl groups is 3. The van der Waals surface area contributed by atoms with Crippen molar-refractivity contribution in [1.29, 1.82) is 0 Å². The molecule has 3 aliphatic rings. The molecule has 0 heterocycles. The number of hydrogen-bond donors (Lipinski definition) is 6. The highest BCUT2D eigenvalue weighted by Gasteiger charge is 2.64. The van der Waals surface area contributed by atoms with Gasteiger partial charge in [0.05, 0.1) is 23.0 Å². The van der Waals surface area contributed by atoms with Gasteiger partial charge in [0.2, 0.25) is 12.4 Å². The van der Waals surface area contributed by atoms with Gasteiger partial charge in [-0.1, -0.05) is 5.16 Å². The van der Waals surface area contributed by atoms with E-state index in [0.29, 0.717) is 0 Å². The Morgan fingerprint density at radius 2 is 1.88 bits per heavy atom. The number of halogens is 3. The first-order chi connectivity index (χ1) is 18.4. The van der Waals surface area contributed by atoms with E-state index >= 15 is 0 Å². The van der Waals surface area contributed by atoms with Crippen LogP contribution in [-0.4, -0.2) is 87.0 Å². The quantitative estimate of drug-likeness (QED) is 0.0970. The smallest absolute Gasteiger partial charge is 0.425 e. The Bertz CT molecular complexity index is 1430. The Balaban J connectivity index is 1.92. The average Bonchev–Trinajstić information content (AvgIpc) is 2.82. The van der Waals surface area contributed by atoms with E-state index in [-0.39, 0.29) is 40.9 Å². The van der Waals surface area contributed by atoms with Gasteiger partial charge in [0.1, 0.15) is 22.8 Å². The van der Waals surface area contributed by atoms with Gasteiger partial charge in [-0.2, -0.15) is 13.2 Å². The number of likely N-dealkylation sites (N-methyl/N-ethyl adjacent to an activating group) is 1. The fraction of sp³-hybridized carbons (Fsp3) is 0.440. The van der Waals surface area contributed by atoms with E-state index in [1.54, 1.807) is 0 Å². The van der Waals surface area contributed by atoms with E-state index < -0.39 is 82.1 Å². The summed E-state index contributed by atoms with van der Waals surface area (Å²) in [5.74, 6) is -8.33. The van der Waals surface area contributed by atoms with Crippen LogP contribution in [0.2, 0.25) is 0 Å². The molecule has 1 aromatic carbocycles. The molecule has 4 rings (SSSR count). The Morgan fingerprint density at radius 1 is 1.25 bits per heavy atom. The number of primary amides is 1. The first kappa shape index (κ1) is 28.9. The number of benzene rings is 1. The standard InChI is InChI=1S/C25H27F3N4O8/c1-8(31-40-7-24(26,27)28)10-6-13(29)18(33)15-11(10)4-9-5-12-17(32(2)3)20(35)16(23(30)38)22(37)25(12,39)21(36)14(9)19(15)34/h6,9,12,17,33-34,37,39H,4-5,7,29H2,1-3H3,(H2,30,38)/b31-8-/t9?,12?,17-,25+/m1/s1. The van der Waals surface area contributed by atoms with Crippen LogP contribution in [0.15, 0.2) is 28.1 Å². The van der Waals surface area contributed by atoms with Crippen molar-refractivity contribution in [2.24, 2.45) is 22.7 Å². The third-order valence-electron chi connectivity index (χ3n) is 7.57. The number of oxime groups is 1. The number of hydrogen-bond acceptors (Lipinski definition) is 11. The van der Waals surface area contributed by atoms with Crippen molar-refractivity contribution < 1.29 is 52.8 Å². The van der Waals surface area contributed by atoms with Gasteiger partial charge in [0, 0.05) is 17.1 Å². The lowest BCUT2D eigenvalue weighted by Gasteiger charge is -2.50. The van der Waals surface area contributed by atoms with Gasteiger partial charge in [0.15, 0.2) is 11.4 Å². The largest absolute Gasteiger partial charge is 0.508 e. The highest BCUT2D eigenvalue weighted by atomic mass is 19.4. The number of alkyl halides is 3. The van der Waals surface area contributed by atoms with E-state index in [4.69, 9.17) is 11.5 Å². The van der Waals surface area contributed by atoms with Crippen molar-refractivity contribution in [1.82, 2.24) is 4.90 Å². The van der Waals surface area contributed by atoms with Crippen molar-refractivity contribution in [2.75, 3.05) is 26.4 Å². The van der Waals surface area contributed by atoms with Gasteiger partial charge in [-0.15, -0.1) is 0 Å². The zero-order valence-electron chi connectivity index (χ0n) is 21.5. The molecule has 0 aromatic heterocycles. The van der Waals surface area contributed by atoms with Gasteiger partial charge in [-0.3, -0.25) is 19.3 Å². The van der Waals surface area contributed by atoms with E-state index in [9.17, 15) is 48.0 Å². The second-order valence-corrected chi connectivity index (χ2v) is 10.2. The Kier molecular flexibility index (Phi) is 6.87. The molecule has 0 radical (unpaired) electrons. The summed E-state index contributed by atoms with van der Waals surface area (Å²) in [6.45, 7) is -0.351. The average molecular weight is 569 g/mol. The molecule has 0 bridgehead atoms. The van der Waals surface area contributed by atoms with E-state index in [0.717, 1.165) is 0 Å². The zero-order valence-corrected chi connectivity index (χ0v) is 21.5. The topological polar surface area (TPSA) is 209 Å². The van der Waals surface area contributed by atoms with Crippen LogP contribution in [0.3, 0.4) is 0 Å². The highest BCUT2D eigenvalue weighted by molar-refractivity contribution is 6.24. The minimum absolute atomic E-state index is 0.0761. The van der Waals surface area contributed by atoms with Crippen LogP contribution in [0.4, 0.5) is 18.9 Å². The fourth-order valence-electron chi connectivity index (χ4n) is 5.91. The predicted octanol–water partition coefficient (Wildman–Crippen LogP) is 0.849. The number of amides is 1.